The van der Waals surface area contributed by atoms with Gasteiger partial charge in [0.2, 0.25) is 10.0 Å². The first-order valence-electron chi connectivity index (χ1n) is 9.75. The lowest BCUT2D eigenvalue weighted by Crippen LogP contribution is -2.34. The number of hydrogen-bond acceptors (Lipinski definition) is 3. The lowest BCUT2D eigenvalue weighted by molar-refractivity contribution is -0.140. The normalized spacial score (nSPS) is 20.5. The minimum absolute atomic E-state index is 0.0341. The molecule has 1 aromatic rings. The molecule has 1 aliphatic rings. The van der Waals surface area contributed by atoms with Gasteiger partial charge >= 0.3 is 12.1 Å². The SMILES string of the molecule is O=C(O)CCC/C=C\[C@H]1CCCC[C@@H]1CNS(=O)(=O)c1ccc(Cl)cc1C(F)(F)F. The Labute approximate surface area is 179 Å². The first kappa shape index (κ1) is 24.7. The van der Waals surface area contributed by atoms with Gasteiger partial charge in [-0.25, -0.2) is 13.1 Å². The zero-order valence-corrected chi connectivity index (χ0v) is 17.9. The molecule has 2 rings (SSSR count). The summed E-state index contributed by atoms with van der Waals surface area (Å²) in [4.78, 5) is 9.71. The third kappa shape index (κ3) is 7.28. The van der Waals surface area contributed by atoms with Gasteiger partial charge in [-0.05, 0) is 55.7 Å². The highest BCUT2D eigenvalue weighted by atomic mass is 35.5. The van der Waals surface area contributed by atoms with Crippen LogP contribution in [0.15, 0.2) is 35.2 Å². The van der Waals surface area contributed by atoms with Gasteiger partial charge in [-0.3, -0.25) is 4.79 Å². The van der Waals surface area contributed by atoms with Crippen LogP contribution in [0.1, 0.15) is 50.5 Å². The maximum Gasteiger partial charge on any atom is 0.417 e. The fourth-order valence-corrected chi connectivity index (χ4v) is 5.11. The molecule has 0 bridgehead atoms. The zero-order chi connectivity index (χ0) is 22.4. The highest BCUT2D eigenvalue weighted by Gasteiger charge is 2.37. The number of aliphatic carboxylic acids is 1. The number of halogens is 4. The Balaban J connectivity index is 2.07. The first-order chi connectivity index (χ1) is 14.0. The van der Waals surface area contributed by atoms with Crippen molar-refractivity contribution in [2.24, 2.45) is 11.8 Å². The van der Waals surface area contributed by atoms with Crippen LogP contribution >= 0.6 is 11.6 Å². The van der Waals surface area contributed by atoms with E-state index in [2.05, 4.69) is 4.72 Å². The minimum Gasteiger partial charge on any atom is -0.481 e. The van der Waals surface area contributed by atoms with Gasteiger partial charge in [0.1, 0.15) is 0 Å². The largest absolute Gasteiger partial charge is 0.481 e. The average molecular weight is 468 g/mol. The fraction of sp³-hybridized carbons (Fsp3) is 0.550. The van der Waals surface area contributed by atoms with Crippen molar-refractivity contribution >= 4 is 27.6 Å². The van der Waals surface area contributed by atoms with Crippen LogP contribution in [0.2, 0.25) is 5.02 Å². The second kappa shape index (κ2) is 10.6. The van der Waals surface area contributed by atoms with Crippen molar-refractivity contribution in [1.29, 1.82) is 0 Å². The number of carboxylic acid groups (broad SMARTS) is 1. The predicted octanol–water partition coefficient (Wildman–Crippen LogP) is 5.25. The second-order valence-electron chi connectivity index (χ2n) is 7.41. The van der Waals surface area contributed by atoms with E-state index in [1.165, 1.54) is 0 Å². The molecule has 0 amide bonds. The molecule has 0 aromatic heterocycles. The molecule has 1 fully saturated rings. The smallest absolute Gasteiger partial charge is 0.417 e. The van der Waals surface area contributed by atoms with E-state index >= 15 is 0 Å². The number of carbonyl (C=O) groups is 1. The van der Waals surface area contributed by atoms with Crippen LogP contribution in [0.25, 0.3) is 0 Å². The van der Waals surface area contributed by atoms with Crippen molar-refractivity contribution in [3.05, 3.63) is 40.9 Å². The Kier molecular flexibility index (Phi) is 8.75. The van der Waals surface area contributed by atoms with Crippen molar-refractivity contribution < 1.29 is 31.5 Å². The lowest BCUT2D eigenvalue weighted by atomic mass is 9.79. The van der Waals surface area contributed by atoms with Crippen molar-refractivity contribution in [1.82, 2.24) is 4.72 Å². The second-order valence-corrected chi connectivity index (χ2v) is 9.58. The summed E-state index contributed by atoms with van der Waals surface area (Å²) in [7, 11) is -4.37. The Morgan fingerprint density at radius 1 is 1.27 bits per heavy atom. The van der Waals surface area contributed by atoms with Crippen LogP contribution in [0, 0.1) is 11.8 Å². The summed E-state index contributed by atoms with van der Waals surface area (Å²) >= 11 is 5.62. The van der Waals surface area contributed by atoms with Crippen LogP contribution in [0.4, 0.5) is 13.2 Å². The number of carboxylic acids is 1. The molecule has 0 heterocycles. The van der Waals surface area contributed by atoms with Crippen LogP contribution in [-0.2, 0) is 21.0 Å². The van der Waals surface area contributed by atoms with Crippen LogP contribution < -0.4 is 4.72 Å². The molecule has 0 spiro atoms. The number of nitrogens with one attached hydrogen (secondary N) is 1. The summed E-state index contributed by atoms with van der Waals surface area (Å²) in [6.07, 6.45) is 3.78. The standard InChI is InChI=1S/C20H25ClF3NO4S/c21-16-10-11-18(17(12-16)20(22,23)24)30(28,29)25-13-15-8-5-4-7-14(15)6-2-1-3-9-19(26)27/h2,6,10-12,14-15,25H,1,3-5,7-9,13H2,(H,26,27)/b6-2-/t14-,15+/m0/s1. The molecule has 0 aliphatic heterocycles. The maximum atomic E-state index is 13.3. The Morgan fingerprint density at radius 3 is 2.63 bits per heavy atom. The summed E-state index contributed by atoms with van der Waals surface area (Å²) in [5, 5.41) is 8.47. The summed E-state index contributed by atoms with van der Waals surface area (Å²) < 4.78 is 67.3. The molecule has 5 nitrogen and oxygen atoms in total. The highest BCUT2D eigenvalue weighted by Crippen LogP contribution is 2.36. The van der Waals surface area contributed by atoms with Gasteiger partial charge in [-0.1, -0.05) is 36.6 Å². The molecular formula is C20H25ClF3NO4S. The van der Waals surface area contributed by atoms with Gasteiger partial charge in [-0.2, -0.15) is 13.2 Å². The topological polar surface area (TPSA) is 83.5 Å². The van der Waals surface area contributed by atoms with Crippen molar-refractivity contribution in [3.8, 4) is 0 Å². The third-order valence-electron chi connectivity index (χ3n) is 5.18. The molecule has 1 aromatic carbocycles. The van der Waals surface area contributed by atoms with Crippen molar-refractivity contribution in [2.45, 2.75) is 56.0 Å². The molecular weight excluding hydrogens is 443 g/mol. The van der Waals surface area contributed by atoms with E-state index in [1.54, 1.807) is 0 Å². The molecule has 1 aliphatic carbocycles. The Bertz CT molecular complexity index is 871. The number of rotatable bonds is 9. The average Bonchev–Trinajstić information content (AvgIpc) is 2.66. The quantitative estimate of drug-likeness (QED) is 0.383. The molecule has 0 saturated heterocycles. The number of benzene rings is 1. The fourth-order valence-electron chi connectivity index (χ4n) is 3.64. The minimum atomic E-state index is -4.85. The number of sulfonamides is 1. The van der Waals surface area contributed by atoms with Crippen LogP contribution in [0.3, 0.4) is 0 Å². The summed E-state index contributed by atoms with van der Waals surface area (Å²) in [6.45, 7) is 0.0341. The molecule has 0 unspecified atom stereocenters. The molecule has 168 valence electrons. The monoisotopic (exact) mass is 467 g/mol. The van der Waals surface area contributed by atoms with E-state index in [0.29, 0.717) is 18.9 Å². The van der Waals surface area contributed by atoms with Gasteiger partial charge in [0.25, 0.3) is 0 Å². The van der Waals surface area contributed by atoms with Crippen LogP contribution in [-0.4, -0.2) is 26.0 Å². The molecule has 1 saturated carbocycles. The maximum absolute atomic E-state index is 13.3. The third-order valence-corrected chi connectivity index (χ3v) is 6.90. The molecule has 2 N–H and O–H groups in total. The molecule has 30 heavy (non-hydrogen) atoms. The van der Waals surface area contributed by atoms with Crippen molar-refractivity contribution in [2.75, 3.05) is 6.54 Å². The van der Waals surface area contributed by atoms with E-state index in [9.17, 15) is 26.4 Å². The van der Waals surface area contributed by atoms with E-state index in [4.69, 9.17) is 16.7 Å². The summed E-state index contributed by atoms with van der Waals surface area (Å²) in [5.41, 5.74) is -1.29. The van der Waals surface area contributed by atoms with Crippen LogP contribution in [0.5, 0.6) is 0 Å². The van der Waals surface area contributed by atoms with E-state index < -0.39 is 32.6 Å². The lowest BCUT2D eigenvalue weighted by Gasteiger charge is -2.29. The van der Waals surface area contributed by atoms with E-state index in [1.807, 2.05) is 12.2 Å². The Morgan fingerprint density at radius 2 is 1.97 bits per heavy atom. The highest BCUT2D eigenvalue weighted by molar-refractivity contribution is 7.89. The van der Waals surface area contributed by atoms with E-state index in [-0.39, 0.29) is 29.8 Å². The molecule has 2 atom stereocenters. The first-order valence-corrected chi connectivity index (χ1v) is 11.6. The van der Waals surface area contributed by atoms with Crippen molar-refractivity contribution in [3.63, 3.8) is 0 Å². The van der Waals surface area contributed by atoms with Gasteiger partial charge in [0.15, 0.2) is 0 Å². The van der Waals surface area contributed by atoms with E-state index in [0.717, 1.165) is 37.8 Å². The number of unbranched alkanes of at least 4 members (excludes halogenated alkanes) is 1. The number of allylic oxidation sites excluding steroid dienone is 2. The zero-order valence-electron chi connectivity index (χ0n) is 16.3. The number of alkyl halides is 3. The van der Waals surface area contributed by atoms with Gasteiger partial charge in [0.05, 0.1) is 10.5 Å². The molecule has 10 heteroatoms. The predicted molar refractivity (Wildman–Crippen MR) is 108 cm³/mol. The summed E-state index contributed by atoms with van der Waals surface area (Å²) in [6, 6.07) is 2.60. The van der Waals surface area contributed by atoms with Gasteiger partial charge in [-0.15, -0.1) is 0 Å². The Hall–Kier alpha value is -1.58. The molecule has 0 radical (unpaired) electrons. The number of hydrogen-bond donors (Lipinski definition) is 2. The summed E-state index contributed by atoms with van der Waals surface area (Å²) in [5.74, 6) is -0.793. The van der Waals surface area contributed by atoms with Gasteiger partial charge in [0, 0.05) is 18.0 Å². The van der Waals surface area contributed by atoms with Gasteiger partial charge < -0.3 is 5.11 Å².